The molecule has 1 saturated carbocycles. The van der Waals surface area contributed by atoms with Crippen LogP contribution in [0, 0.1) is 11.8 Å². The van der Waals surface area contributed by atoms with E-state index in [0.29, 0.717) is 6.04 Å². The number of hydrogen-bond acceptors (Lipinski definition) is 3. The van der Waals surface area contributed by atoms with Gasteiger partial charge < -0.3 is 9.73 Å². The Bertz CT molecular complexity index is 338. The number of aromatic nitrogens is 1. The van der Waals surface area contributed by atoms with Crippen molar-refractivity contribution in [1.29, 1.82) is 0 Å². The lowest BCUT2D eigenvalue weighted by Crippen LogP contribution is -2.42. The van der Waals surface area contributed by atoms with Gasteiger partial charge in [0.1, 0.15) is 5.76 Å². The molecule has 96 valence electrons. The van der Waals surface area contributed by atoms with Gasteiger partial charge in [0.05, 0.1) is 12.7 Å². The fourth-order valence-corrected chi connectivity index (χ4v) is 2.88. The maximum absolute atomic E-state index is 5.62. The first-order chi connectivity index (χ1) is 8.20. The molecule has 1 fully saturated rings. The van der Waals surface area contributed by atoms with Gasteiger partial charge in [0.15, 0.2) is 0 Å². The molecule has 0 bridgehead atoms. The Hall–Kier alpha value is -0.830. The lowest BCUT2D eigenvalue weighted by molar-refractivity contribution is 0.202. The van der Waals surface area contributed by atoms with Crippen molar-refractivity contribution in [2.24, 2.45) is 11.8 Å². The van der Waals surface area contributed by atoms with E-state index in [2.05, 4.69) is 31.1 Å². The molecule has 0 spiro atoms. The number of rotatable bonds is 4. The van der Waals surface area contributed by atoms with Gasteiger partial charge in [-0.05, 0) is 24.7 Å². The molecule has 1 aromatic rings. The van der Waals surface area contributed by atoms with Crippen molar-refractivity contribution in [3.8, 4) is 0 Å². The molecule has 0 amide bonds. The minimum Gasteiger partial charge on any atom is -0.444 e. The molecular formula is C14H24N2O. The summed E-state index contributed by atoms with van der Waals surface area (Å²) in [5.41, 5.74) is 0. The first-order valence-electron chi connectivity index (χ1n) is 6.87. The molecule has 0 saturated heterocycles. The SMILES string of the molecule is CCc1cnc(CNC2C(C)CCCC2C)o1. The second-order valence-corrected chi connectivity index (χ2v) is 5.37. The fraction of sp³-hybridized carbons (Fsp3) is 0.786. The maximum Gasteiger partial charge on any atom is 0.208 e. The molecule has 2 rings (SSSR count). The van der Waals surface area contributed by atoms with E-state index in [9.17, 15) is 0 Å². The quantitative estimate of drug-likeness (QED) is 0.872. The van der Waals surface area contributed by atoms with Crippen LogP contribution in [0.15, 0.2) is 10.6 Å². The normalized spacial score (nSPS) is 29.5. The number of nitrogens with zero attached hydrogens (tertiary/aromatic N) is 1. The van der Waals surface area contributed by atoms with E-state index in [1.807, 2.05) is 6.20 Å². The van der Waals surface area contributed by atoms with Gasteiger partial charge >= 0.3 is 0 Å². The monoisotopic (exact) mass is 236 g/mol. The summed E-state index contributed by atoms with van der Waals surface area (Å²) in [6.45, 7) is 7.54. The standard InChI is InChI=1S/C14H24N2O/c1-4-12-8-15-13(17-12)9-16-14-10(2)6-5-7-11(14)3/h8,10-11,14,16H,4-7,9H2,1-3H3. The van der Waals surface area contributed by atoms with E-state index >= 15 is 0 Å². The van der Waals surface area contributed by atoms with Crippen LogP contribution in [-0.2, 0) is 13.0 Å². The van der Waals surface area contributed by atoms with Gasteiger partial charge in [-0.15, -0.1) is 0 Å². The van der Waals surface area contributed by atoms with Gasteiger partial charge in [0, 0.05) is 12.5 Å². The average Bonchev–Trinajstić information content (AvgIpc) is 2.76. The molecule has 0 aliphatic heterocycles. The third-order valence-corrected chi connectivity index (χ3v) is 3.98. The summed E-state index contributed by atoms with van der Waals surface area (Å²) in [4.78, 5) is 4.29. The highest BCUT2D eigenvalue weighted by atomic mass is 16.4. The zero-order chi connectivity index (χ0) is 12.3. The van der Waals surface area contributed by atoms with Crippen LogP contribution in [0.5, 0.6) is 0 Å². The summed E-state index contributed by atoms with van der Waals surface area (Å²) in [6, 6.07) is 0.612. The molecule has 1 aliphatic rings. The maximum atomic E-state index is 5.62. The van der Waals surface area contributed by atoms with Gasteiger partial charge in [0.2, 0.25) is 5.89 Å². The van der Waals surface area contributed by atoms with E-state index in [1.165, 1.54) is 19.3 Å². The van der Waals surface area contributed by atoms with E-state index in [0.717, 1.165) is 36.5 Å². The molecule has 1 heterocycles. The third-order valence-electron chi connectivity index (χ3n) is 3.98. The molecule has 0 aromatic carbocycles. The van der Waals surface area contributed by atoms with Crippen LogP contribution >= 0.6 is 0 Å². The molecule has 1 aliphatic carbocycles. The van der Waals surface area contributed by atoms with Crippen LogP contribution in [0.1, 0.15) is 51.7 Å². The highest BCUT2D eigenvalue weighted by molar-refractivity contribution is 4.94. The molecule has 2 unspecified atom stereocenters. The molecule has 3 nitrogen and oxygen atoms in total. The Morgan fingerprint density at radius 2 is 2.06 bits per heavy atom. The smallest absolute Gasteiger partial charge is 0.208 e. The molecule has 2 atom stereocenters. The second-order valence-electron chi connectivity index (χ2n) is 5.37. The number of nitrogens with one attached hydrogen (secondary N) is 1. The molecule has 17 heavy (non-hydrogen) atoms. The van der Waals surface area contributed by atoms with E-state index < -0.39 is 0 Å². The van der Waals surface area contributed by atoms with Crippen molar-refractivity contribution >= 4 is 0 Å². The summed E-state index contributed by atoms with van der Waals surface area (Å²) in [5, 5.41) is 3.62. The van der Waals surface area contributed by atoms with Crippen LogP contribution in [0.2, 0.25) is 0 Å². The molecule has 1 N–H and O–H groups in total. The van der Waals surface area contributed by atoms with Crippen LogP contribution in [0.3, 0.4) is 0 Å². The van der Waals surface area contributed by atoms with Crippen LogP contribution in [0.25, 0.3) is 0 Å². The van der Waals surface area contributed by atoms with Crippen molar-refractivity contribution < 1.29 is 4.42 Å². The highest BCUT2D eigenvalue weighted by Gasteiger charge is 2.27. The van der Waals surface area contributed by atoms with Crippen molar-refractivity contribution in [3.05, 3.63) is 17.8 Å². The lowest BCUT2D eigenvalue weighted by atomic mass is 9.79. The summed E-state index contributed by atoms with van der Waals surface area (Å²) in [7, 11) is 0. The lowest BCUT2D eigenvalue weighted by Gasteiger charge is -2.35. The first-order valence-corrected chi connectivity index (χ1v) is 6.87. The topological polar surface area (TPSA) is 38.1 Å². The van der Waals surface area contributed by atoms with E-state index in [1.54, 1.807) is 0 Å². The summed E-state index contributed by atoms with van der Waals surface area (Å²) in [6.07, 6.45) is 6.81. The molecule has 3 heteroatoms. The summed E-state index contributed by atoms with van der Waals surface area (Å²) >= 11 is 0. The number of hydrogen-bond donors (Lipinski definition) is 1. The van der Waals surface area contributed by atoms with Crippen molar-refractivity contribution in [3.63, 3.8) is 0 Å². The van der Waals surface area contributed by atoms with E-state index in [-0.39, 0.29) is 0 Å². The van der Waals surface area contributed by atoms with Gasteiger partial charge in [-0.1, -0.05) is 27.2 Å². The predicted molar refractivity (Wildman–Crippen MR) is 68.7 cm³/mol. The Morgan fingerprint density at radius 3 is 2.65 bits per heavy atom. The fourth-order valence-electron chi connectivity index (χ4n) is 2.88. The first kappa shape index (κ1) is 12.6. The predicted octanol–water partition coefficient (Wildman–Crippen LogP) is 3.15. The summed E-state index contributed by atoms with van der Waals surface area (Å²) in [5.74, 6) is 3.33. The Labute approximate surface area is 104 Å². The van der Waals surface area contributed by atoms with Crippen LogP contribution in [0.4, 0.5) is 0 Å². The van der Waals surface area contributed by atoms with Crippen molar-refractivity contribution in [2.45, 2.75) is 59.0 Å². The van der Waals surface area contributed by atoms with Gasteiger partial charge in [-0.3, -0.25) is 0 Å². The minimum atomic E-state index is 0.612. The van der Waals surface area contributed by atoms with Crippen molar-refractivity contribution in [1.82, 2.24) is 10.3 Å². The van der Waals surface area contributed by atoms with Crippen molar-refractivity contribution in [2.75, 3.05) is 0 Å². The Kier molecular flexibility index (Phi) is 4.21. The van der Waals surface area contributed by atoms with Gasteiger partial charge in [-0.25, -0.2) is 4.98 Å². The number of oxazole rings is 1. The number of aryl methyl sites for hydroxylation is 1. The summed E-state index contributed by atoms with van der Waals surface area (Å²) < 4.78 is 5.62. The minimum absolute atomic E-state index is 0.612. The molecular weight excluding hydrogens is 212 g/mol. The second kappa shape index (κ2) is 5.67. The Balaban J connectivity index is 1.87. The Morgan fingerprint density at radius 1 is 1.35 bits per heavy atom. The molecule has 0 radical (unpaired) electrons. The highest BCUT2D eigenvalue weighted by Crippen LogP contribution is 2.28. The van der Waals surface area contributed by atoms with Gasteiger partial charge in [0.25, 0.3) is 0 Å². The van der Waals surface area contributed by atoms with Crippen LogP contribution in [-0.4, -0.2) is 11.0 Å². The zero-order valence-corrected chi connectivity index (χ0v) is 11.2. The molecule has 1 aromatic heterocycles. The largest absolute Gasteiger partial charge is 0.444 e. The third kappa shape index (κ3) is 3.09. The van der Waals surface area contributed by atoms with Gasteiger partial charge in [-0.2, -0.15) is 0 Å². The van der Waals surface area contributed by atoms with Crippen LogP contribution < -0.4 is 5.32 Å². The van der Waals surface area contributed by atoms with E-state index in [4.69, 9.17) is 4.42 Å². The average molecular weight is 236 g/mol. The zero-order valence-electron chi connectivity index (χ0n) is 11.2.